The standard InChI is InChI=1S/C9H7F2N3O/c10-5-1-2-7(11)6(3-5)9(15)8-4-12-14-13-8/h1-4,9,15H,(H,12,13,14). The van der Waals surface area contributed by atoms with Crippen molar-refractivity contribution >= 4 is 0 Å². The highest BCUT2D eigenvalue weighted by molar-refractivity contribution is 5.26. The van der Waals surface area contributed by atoms with Gasteiger partial charge in [0.15, 0.2) is 0 Å². The zero-order valence-corrected chi connectivity index (χ0v) is 7.48. The fourth-order valence-corrected chi connectivity index (χ4v) is 1.23. The molecule has 15 heavy (non-hydrogen) atoms. The van der Waals surface area contributed by atoms with E-state index in [1.54, 1.807) is 0 Å². The van der Waals surface area contributed by atoms with Crippen molar-refractivity contribution in [2.75, 3.05) is 0 Å². The number of halogens is 2. The zero-order valence-electron chi connectivity index (χ0n) is 7.48. The van der Waals surface area contributed by atoms with E-state index in [0.29, 0.717) is 0 Å². The third-order valence-corrected chi connectivity index (χ3v) is 1.97. The highest BCUT2D eigenvalue weighted by Gasteiger charge is 2.17. The van der Waals surface area contributed by atoms with E-state index >= 15 is 0 Å². The molecule has 2 N–H and O–H groups in total. The average molecular weight is 211 g/mol. The van der Waals surface area contributed by atoms with Crippen LogP contribution in [-0.2, 0) is 0 Å². The van der Waals surface area contributed by atoms with Gasteiger partial charge in [-0.3, -0.25) is 0 Å². The van der Waals surface area contributed by atoms with E-state index in [0.717, 1.165) is 18.2 Å². The fourth-order valence-electron chi connectivity index (χ4n) is 1.23. The third-order valence-electron chi connectivity index (χ3n) is 1.97. The van der Waals surface area contributed by atoms with Crippen LogP contribution in [0.5, 0.6) is 0 Å². The maximum atomic E-state index is 13.2. The smallest absolute Gasteiger partial charge is 0.129 e. The molecule has 2 rings (SSSR count). The van der Waals surface area contributed by atoms with Gasteiger partial charge in [-0.15, -0.1) is 0 Å². The number of benzene rings is 1. The largest absolute Gasteiger partial charge is 0.382 e. The third kappa shape index (κ3) is 1.84. The predicted octanol–water partition coefficient (Wildman–Crippen LogP) is 1.16. The molecule has 0 aliphatic rings. The summed E-state index contributed by atoms with van der Waals surface area (Å²) in [7, 11) is 0. The number of aliphatic hydroxyl groups is 1. The molecule has 1 aromatic carbocycles. The lowest BCUT2D eigenvalue weighted by Gasteiger charge is -2.08. The molecule has 0 aliphatic carbocycles. The first-order chi connectivity index (χ1) is 7.18. The molecule has 0 aliphatic heterocycles. The Kier molecular flexibility index (Phi) is 2.42. The minimum absolute atomic E-state index is 0.138. The molecule has 1 aromatic heterocycles. The molecule has 0 saturated heterocycles. The number of nitrogens with zero attached hydrogens (tertiary/aromatic N) is 2. The first-order valence-corrected chi connectivity index (χ1v) is 4.17. The molecular weight excluding hydrogens is 204 g/mol. The van der Waals surface area contributed by atoms with E-state index in [2.05, 4.69) is 15.4 Å². The quantitative estimate of drug-likeness (QED) is 0.783. The van der Waals surface area contributed by atoms with Crippen molar-refractivity contribution < 1.29 is 13.9 Å². The van der Waals surface area contributed by atoms with Crippen LogP contribution in [0.1, 0.15) is 17.4 Å². The number of aliphatic hydroxyl groups excluding tert-OH is 1. The van der Waals surface area contributed by atoms with Crippen molar-refractivity contribution in [2.24, 2.45) is 0 Å². The molecular formula is C9H7F2N3O. The number of hydrogen-bond donors (Lipinski definition) is 2. The average Bonchev–Trinajstić information content (AvgIpc) is 2.74. The summed E-state index contributed by atoms with van der Waals surface area (Å²) in [4.78, 5) is 0. The number of aromatic nitrogens is 3. The summed E-state index contributed by atoms with van der Waals surface area (Å²) in [6.07, 6.45) is -0.0749. The van der Waals surface area contributed by atoms with Crippen LogP contribution in [0.15, 0.2) is 24.4 Å². The first kappa shape index (κ1) is 9.72. The van der Waals surface area contributed by atoms with Gasteiger partial charge in [-0.2, -0.15) is 15.4 Å². The first-order valence-electron chi connectivity index (χ1n) is 4.17. The van der Waals surface area contributed by atoms with Crippen LogP contribution in [0.25, 0.3) is 0 Å². The summed E-state index contributed by atoms with van der Waals surface area (Å²) < 4.78 is 26.1. The molecule has 4 nitrogen and oxygen atoms in total. The normalized spacial score (nSPS) is 12.7. The van der Waals surface area contributed by atoms with Gasteiger partial charge in [0, 0.05) is 5.56 Å². The summed E-state index contributed by atoms with van der Waals surface area (Å²) in [5, 5.41) is 19.0. The van der Waals surface area contributed by atoms with Gasteiger partial charge < -0.3 is 5.11 Å². The Balaban J connectivity index is 2.41. The van der Waals surface area contributed by atoms with E-state index in [-0.39, 0.29) is 11.3 Å². The molecule has 6 heteroatoms. The summed E-state index contributed by atoms with van der Waals surface area (Å²) in [6, 6.07) is 2.86. The van der Waals surface area contributed by atoms with Gasteiger partial charge in [0.1, 0.15) is 23.4 Å². The molecule has 0 saturated carbocycles. The SMILES string of the molecule is OC(c1cn[nH]n1)c1cc(F)ccc1F. The van der Waals surface area contributed by atoms with Crippen LogP contribution in [0, 0.1) is 11.6 Å². The maximum absolute atomic E-state index is 13.2. The van der Waals surface area contributed by atoms with Crippen molar-refractivity contribution in [1.29, 1.82) is 0 Å². The van der Waals surface area contributed by atoms with Gasteiger partial charge in [0.05, 0.1) is 6.20 Å². The van der Waals surface area contributed by atoms with Gasteiger partial charge in [-0.05, 0) is 18.2 Å². The monoisotopic (exact) mass is 211 g/mol. The molecule has 1 unspecified atom stereocenters. The van der Waals surface area contributed by atoms with E-state index in [1.165, 1.54) is 6.20 Å². The molecule has 0 fully saturated rings. The van der Waals surface area contributed by atoms with Crippen LogP contribution in [-0.4, -0.2) is 20.5 Å². The summed E-state index contributed by atoms with van der Waals surface area (Å²) >= 11 is 0. The number of hydrogen-bond acceptors (Lipinski definition) is 3. The lowest BCUT2D eigenvalue weighted by molar-refractivity contribution is 0.209. The Labute approximate surface area is 83.6 Å². The predicted molar refractivity (Wildman–Crippen MR) is 46.8 cm³/mol. The van der Waals surface area contributed by atoms with Crippen molar-refractivity contribution in [1.82, 2.24) is 15.4 Å². The van der Waals surface area contributed by atoms with Crippen LogP contribution in [0.3, 0.4) is 0 Å². The summed E-state index contributed by atoms with van der Waals surface area (Å²) in [5.41, 5.74) is -0.0246. The van der Waals surface area contributed by atoms with Gasteiger partial charge >= 0.3 is 0 Å². The second-order valence-electron chi connectivity index (χ2n) is 2.96. The Morgan fingerprint density at radius 1 is 1.33 bits per heavy atom. The van der Waals surface area contributed by atoms with Crippen molar-refractivity contribution in [3.63, 3.8) is 0 Å². The van der Waals surface area contributed by atoms with Crippen LogP contribution < -0.4 is 0 Å². The minimum atomic E-state index is -1.32. The van der Waals surface area contributed by atoms with Gasteiger partial charge in [-0.1, -0.05) is 0 Å². The van der Waals surface area contributed by atoms with Gasteiger partial charge in [-0.25, -0.2) is 8.78 Å². The van der Waals surface area contributed by atoms with Crippen molar-refractivity contribution in [2.45, 2.75) is 6.10 Å². The molecule has 1 heterocycles. The van der Waals surface area contributed by atoms with E-state index in [9.17, 15) is 13.9 Å². The number of nitrogens with one attached hydrogen (secondary N) is 1. The Bertz CT molecular complexity index is 458. The van der Waals surface area contributed by atoms with Crippen LogP contribution in [0.4, 0.5) is 8.78 Å². The number of aromatic amines is 1. The second-order valence-corrected chi connectivity index (χ2v) is 2.96. The number of rotatable bonds is 2. The maximum Gasteiger partial charge on any atom is 0.129 e. The molecule has 0 amide bonds. The topological polar surface area (TPSA) is 61.8 Å². The lowest BCUT2D eigenvalue weighted by Crippen LogP contribution is -2.03. The van der Waals surface area contributed by atoms with Crippen LogP contribution >= 0.6 is 0 Å². The van der Waals surface area contributed by atoms with Gasteiger partial charge in [0.2, 0.25) is 0 Å². The Morgan fingerprint density at radius 3 is 2.80 bits per heavy atom. The van der Waals surface area contributed by atoms with Crippen LogP contribution in [0.2, 0.25) is 0 Å². The summed E-state index contributed by atoms with van der Waals surface area (Å²) in [6.45, 7) is 0. The molecule has 78 valence electrons. The molecule has 0 bridgehead atoms. The second kappa shape index (κ2) is 3.74. The van der Waals surface area contributed by atoms with Crippen molar-refractivity contribution in [3.8, 4) is 0 Å². The van der Waals surface area contributed by atoms with Gasteiger partial charge in [0.25, 0.3) is 0 Å². The number of H-pyrrole nitrogens is 1. The minimum Gasteiger partial charge on any atom is -0.382 e. The Morgan fingerprint density at radius 2 is 2.13 bits per heavy atom. The highest BCUT2D eigenvalue weighted by Crippen LogP contribution is 2.22. The van der Waals surface area contributed by atoms with E-state index < -0.39 is 17.7 Å². The Hall–Kier alpha value is -1.82. The fraction of sp³-hybridized carbons (Fsp3) is 0.111. The molecule has 1 atom stereocenters. The molecule has 0 spiro atoms. The van der Waals surface area contributed by atoms with E-state index in [4.69, 9.17) is 0 Å². The molecule has 2 aromatic rings. The highest BCUT2D eigenvalue weighted by atomic mass is 19.1. The zero-order chi connectivity index (χ0) is 10.8. The van der Waals surface area contributed by atoms with Crippen molar-refractivity contribution in [3.05, 3.63) is 47.3 Å². The lowest BCUT2D eigenvalue weighted by atomic mass is 10.1. The summed E-state index contributed by atoms with van der Waals surface area (Å²) in [5.74, 6) is -1.30. The van der Waals surface area contributed by atoms with E-state index in [1.807, 2.05) is 0 Å². The molecule has 0 radical (unpaired) electrons.